The zero-order valence-corrected chi connectivity index (χ0v) is 31.9. The first-order valence-corrected chi connectivity index (χ1v) is 17.3. The van der Waals surface area contributed by atoms with E-state index in [1.807, 2.05) is 41.5 Å². The fraction of sp³-hybridized carbons (Fsp3) is 0.904. The zero-order valence-electron chi connectivity index (χ0n) is 32.9. The maximum absolute atomic E-state index is 12.6. The van der Waals surface area contributed by atoms with Crippen LogP contribution in [0.15, 0.2) is 0 Å². The number of esters is 1. The third-order valence-electron chi connectivity index (χ3n) is 10.1. The van der Waals surface area contributed by atoms with Gasteiger partial charge < -0.3 is 40.5 Å². The van der Waals surface area contributed by atoms with E-state index in [0.29, 0.717) is 25.7 Å². The van der Waals surface area contributed by atoms with E-state index in [9.17, 15) is 29.1 Å². The molecule has 0 aliphatic rings. The summed E-state index contributed by atoms with van der Waals surface area (Å²) in [5.74, 6) is -6.25. The highest BCUT2D eigenvalue weighted by Crippen LogP contribution is 2.35. The molecule has 0 radical (unpaired) electrons. The van der Waals surface area contributed by atoms with E-state index in [-0.39, 0.29) is 176 Å². The van der Waals surface area contributed by atoms with E-state index in [1.165, 1.54) is 6.92 Å². The van der Waals surface area contributed by atoms with Crippen LogP contribution in [0, 0.1) is 45.3 Å². The quantitative estimate of drug-likeness (QED) is 0.0501. The van der Waals surface area contributed by atoms with Gasteiger partial charge in [0.1, 0.15) is 0 Å². The summed E-state index contributed by atoms with van der Waals surface area (Å²) in [4.78, 5) is 55.8. The number of hydrogen-bond donors (Lipinski definition) is 7. The highest BCUT2D eigenvalue weighted by molar-refractivity contribution is 5.78. The van der Waals surface area contributed by atoms with E-state index in [0.717, 1.165) is 12.8 Å². The number of carbonyl (C=O) groups is 5. The van der Waals surface area contributed by atoms with Crippen LogP contribution in [0.3, 0.4) is 0 Å². The summed E-state index contributed by atoms with van der Waals surface area (Å²) < 4.78 is 5.42. The lowest BCUT2D eigenvalue weighted by atomic mass is 9.77. The third kappa shape index (κ3) is 49.0. The van der Waals surface area contributed by atoms with Gasteiger partial charge in [-0.15, -0.1) is 0 Å². The summed E-state index contributed by atoms with van der Waals surface area (Å²) in [5, 5.41) is 63.2. The zero-order chi connectivity index (χ0) is 39.4. The molecular weight excluding hydrogens is 833 g/mol. The Kier molecular flexibility index (Phi) is 114. The molecule has 7 N–H and O–H groups in total. The number of carboxylic acids is 4. The molecule has 65 heavy (non-hydrogen) atoms. The highest BCUT2D eigenvalue weighted by atomic mass is 16.5. The molecule has 0 amide bonds. The molecule has 0 aliphatic carbocycles. The second-order valence-corrected chi connectivity index (χ2v) is 15.0. The average molecular weight is 967 g/mol. The van der Waals surface area contributed by atoms with Crippen molar-refractivity contribution in [2.75, 3.05) is 26.4 Å². The van der Waals surface area contributed by atoms with Gasteiger partial charge in [-0.2, -0.15) is 0 Å². The molecular formula is C52H133O13+. The first kappa shape index (κ1) is 125. The van der Waals surface area contributed by atoms with Crippen molar-refractivity contribution in [2.24, 2.45) is 45.3 Å². The molecule has 0 aromatic rings. The second kappa shape index (κ2) is 59.2. The van der Waals surface area contributed by atoms with Gasteiger partial charge >= 0.3 is 31.3 Å². The average Bonchev–Trinajstić information content (AvgIpc) is 3.06. The summed E-state index contributed by atoms with van der Waals surface area (Å²) in [6.45, 7) is 19.3. The van der Waals surface area contributed by atoms with Gasteiger partial charge in [0.15, 0.2) is 0 Å². The Hall–Kier alpha value is -2.77. The van der Waals surface area contributed by atoms with Crippen molar-refractivity contribution >= 4 is 29.8 Å². The van der Waals surface area contributed by atoms with Crippen LogP contribution in [0.1, 0.15) is 248 Å². The number of carbonyl (C=O) groups excluding carboxylic acids is 1. The minimum Gasteiger partial charge on any atom is -0.481 e. The summed E-state index contributed by atoms with van der Waals surface area (Å²) >= 11 is 0. The van der Waals surface area contributed by atoms with E-state index in [1.54, 1.807) is 27.7 Å². The maximum atomic E-state index is 12.6. The molecule has 0 aromatic carbocycles. The van der Waals surface area contributed by atoms with Crippen LogP contribution in [-0.4, -0.2) is 92.0 Å². The van der Waals surface area contributed by atoms with Crippen molar-refractivity contribution in [3.8, 4) is 0 Å². The molecule has 13 nitrogen and oxygen atoms in total. The van der Waals surface area contributed by atoms with E-state index >= 15 is 0 Å². The first-order valence-electron chi connectivity index (χ1n) is 17.3. The summed E-state index contributed by atoms with van der Waals surface area (Å²) in [5.41, 5.74) is -2.23. The van der Waals surface area contributed by atoms with Crippen LogP contribution >= 0.6 is 0 Å². The van der Waals surface area contributed by atoms with E-state index in [2.05, 4.69) is 0 Å². The van der Waals surface area contributed by atoms with Gasteiger partial charge in [0.25, 0.3) is 0 Å². The van der Waals surface area contributed by atoms with Crippen LogP contribution in [0.5, 0.6) is 0 Å². The third-order valence-corrected chi connectivity index (χ3v) is 10.1. The Balaban J connectivity index is -0.0000000254. The van der Waals surface area contributed by atoms with Crippen molar-refractivity contribution in [1.82, 2.24) is 0 Å². The van der Waals surface area contributed by atoms with Crippen molar-refractivity contribution in [1.29, 1.82) is 0 Å². The van der Waals surface area contributed by atoms with Crippen molar-refractivity contribution in [2.45, 2.75) is 246 Å². The molecule has 0 bridgehead atoms. The van der Waals surface area contributed by atoms with Gasteiger partial charge in [0.2, 0.25) is 0 Å². The number of aliphatic hydroxyl groups excluding tert-OH is 3. The normalized spacial score (nSPS) is 13.9. The molecule has 0 saturated heterocycles. The largest absolute Gasteiger partial charge is 1.00 e. The molecule has 0 aromatic heterocycles. The van der Waals surface area contributed by atoms with Gasteiger partial charge in [-0.3, -0.25) is 24.0 Å². The minimum absolute atomic E-state index is 0. The topological polar surface area (TPSA) is 236 Å². The Bertz CT molecular complexity index is 976. The highest BCUT2D eigenvalue weighted by Gasteiger charge is 2.42. The Morgan fingerprint density at radius 3 is 0.785 bits per heavy atom. The minimum atomic E-state index is -1.26. The number of aliphatic carboxylic acids is 4. The first-order chi connectivity index (χ1) is 22.4. The van der Waals surface area contributed by atoms with Crippen LogP contribution in [-0.2, 0) is 28.7 Å². The Morgan fingerprint density at radius 2 is 0.615 bits per heavy atom. The van der Waals surface area contributed by atoms with Crippen molar-refractivity contribution in [3.05, 3.63) is 0 Å². The number of rotatable bonds is 22. The van der Waals surface area contributed by atoms with Crippen molar-refractivity contribution < 1.29 is 65.9 Å². The molecule has 0 heterocycles. The monoisotopic (exact) mass is 966 g/mol. The molecule has 0 aliphatic heterocycles. The van der Waals surface area contributed by atoms with E-state index in [4.69, 9.17) is 35.4 Å². The predicted molar refractivity (Wildman–Crippen MR) is 295 cm³/mol. The lowest BCUT2D eigenvalue weighted by Gasteiger charge is -2.34. The fourth-order valence-electron chi connectivity index (χ4n) is 5.11. The van der Waals surface area contributed by atoms with Crippen LogP contribution in [0.4, 0.5) is 0 Å². The molecule has 0 fully saturated rings. The van der Waals surface area contributed by atoms with Gasteiger partial charge in [0, 0.05) is 18.6 Å². The van der Waals surface area contributed by atoms with Gasteiger partial charge in [-0.25, -0.2) is 0 Å². The molecule has 0 saturated carbocycles. The van der Waals surface area contributed by atoms with Gasteiger partial charge in [-0.1, -0.05) is 195 Å². The number of carboxylic acid groups (broad SMARTS) is 4. The summed E-state index contributed by atoms with van der Waals surface area (Å²) in [6.07, 6.45) is 3.92. The van der Waals surface area contributed by atoms with E-state index < -0.39 is 59.1 Å². The smallest absolute Gasteiger partial charge is 0.481 e. The summed E-state index contributed by atoms with van der Waals surface area (Å²) in [7, 11) is 0. The maximum Gasteiger partial charge on any atom is 1.00 e. The molecule has 0 spiro atoms. The van der Waals surface area contributed by atoms with Crippen LogP contribution in [0.25, 0.3) is 0 Å². The number of aliphatic hydroxyl groups is 3. The molecule has 8 unspecified atom stereocenters. The second-order valence-electron chi connectivity index (χ2n) is 15.0. The SMILES string of the molecule is C.C.C.C.C.C.C.C.C.C.C.C.C.C.C.C.CCC(C)(CO)CC(C)C(=O)O.CCC(C)(CO)CC(C)C(=O)O.CCC(C)(COC(=O)C(CC)(CO)CC(C)C(=O)O)CC(C)C(=O)O.[H+]. The number of hydrogen-bond acceptors (Lipinski definition) is 9. The Labute approximate surface area is 412 Å². The lowest BCUT2D eigenvalue weighted by molar-refractivity contribution is -0.165. The molecule has 8 atom stereocenters. The number of ether oxygens (including phenoxy) is 1. The van der Waals surface area contributed by atoms with Gasteiger partial charge in [-0.05, 0) is 62.2 Å². The predicted octanol–water partition coefficient (Wildman–Crippen LogP) is 15.9. The molecule has 13 heteroatoms. The van der Waals surface area contributed by atoms with Gasteiger partial charge in [0.05, 0.1) is 42.3 Å². The Morgan fingerprint density at radius 1 is 0.400 bits per heavy atom. The lowest BCUT2D eigenvalue weighted by Crippen LogP contribution is -2.40. The fourth-order valence-corrected chi connectivity index (χ4v) is 5.11. The summed E-state index contributed by atoms with van der Waals surface area (Å²) in [6, 6.07) is 0. The van der Waals surface area contributed by atoms with Crippen molar-refractivity contribution in [3.63, 3.8) is 0 Å². The molecule has 418 valence electrons. The molecule has 0 rings (SSSR count). The van der Waals surface area contributed by atoms with Crippen LogP contribution in [0.2, 0.25) is 0 Å². The van der Waals surface area contributed by atoms with Crippen LogP contribution < -0.4 is 0 Å². The standard InChI is InChI=1S/C18H32O7.2C9H18O3.16CH4/c1-6-17(5,8-12(3)14(20)21)11-25-16(24)18(7-2,10-19)9-13(4)15(22)23;2*1-4-9(3,6-10)5-7(2)8(11)12;;;;;;;;;;;;;;;;/h12-13,19H,6-11H2,1-5H3,(H,20,21)(H,22,23);2*7,10H,4-6H2,1-3H3,(H,11,12);16*1H4/p+1.